The topological polar surface area (TPSA) is 86.5 Å². The Bertz CT molecular complexity index is 1090. The van der Waals surface area contributed by atoms with Crippen LogP contribution in [-0.2, 0) is 25.7 Å². The molecule has 1 aliphatic rings. The highest BCUT2D eigenvalue weighted by molar-refractivity contribution is 7.89. The highest BCUT2D eigenvalue weighted by Crippen LogP contribution is 2.43. The van der Waals surface area contributed by atoms with Crippen molar-refractivity contribution < 1.29 is 31.1 Å². The van der Waals surface area contributed by atoms with E-state index in [1.807, 2.05) is 0 Å². The molecule has 9 heteroatoms. The average molecular weight is 425 g/mol. The zero-order chi connectivity index (χ0) is 21.6. The van der Waals surface area contributed by atoms with Gasteiger partial charge >= 0.3 is 6.18 Å². The van der Waals surface area contributed by atoms with Crippen LogP contribution in [0.3, 0.4) is 0 Å². The summed E-state index contributed by atoms with van der Waals surface area (Å²) < 4.78 is 67.4. The van der Waals surface area contributed by atoms with E-state index in [-0.39, 0.29) is 27.6 Å². The van der Waals surface area contributed by atoms with Gasteiger partial charge in [-0.1, -0.05) is 19.1 Å². The Kier molecular flexibility index (Phi) is 5.08. The summed E-state index contributed by atoms with van der Waals surface area (Å²) in [6.45, 7) is 3.36. The van der Waals surface area contributed by atoms with E-state index in [1.165, 1.54) is 36.4 Å². The van der Waals surface area contributed by atoms with E-state index in [2.05, 4.69) is 0 Å². The van der Waals surface area contributed by atoms with Gasteiger partial charge in [0, 0.05) is 5.56 Å². The van der Waals surface area contributed by atoms with E-state index in [0.717, 1.165) is 12.1 Å². The van der Waals surface area contributed by atoms with Crippen LogP contribution in [0.25, 0.3) is 11.3 Å². The average Bonchev–Trinajstić information content (AvgIpc) is 2.92. The SMILES string of the molecule is CCC1(C)OC(c2ccc(S(N)(=O)=O)cc2)=C(c2ccc(C(F)(F)F)cc2)C1=O. The normalized spacial score (nSPS) is 20.1. The summed E-state index contributed by atoms with van der Waals surface area (Å²) in [6, 6.07) is 9.67. The predicted molar refractivity (Wildman–Crippen MR) is 101 cm³/mol. The first-order valence-electron chi connectivity index (χ1n) is 8.66. The van der Waals surface area contributed by atoms with Crippen molar-refractivity contribution in [1.82, 2.24) is 0 Å². The maximum absolute atomic E-state index is 13.0. The third-order valence-corrected chi connectivity index (χ3v) is 5.81. The molecule has 0 spiro atoms. The molecule has 0 fully saturated rings. The quantitative estimate of drug-likeness (QED) is 0.803. The number of ether oxygens (including phenoxy) is 1. The zero-order valence-corrected chi connectivity index (χ0v) is 16.4. The second kappa shape index (κ2) is 7.00. The monoisotopic (exact) mass is 425 g/mol. The number of alkyl halides is 3. The molecule has 0 saturated heterocycles. The Morgan fingerprint density at radius 1 is 1.00 bits per heavy atom. The zero-order valence-electron chi connectivity index (χ0n) is 15.6. The second-order valence-electron chi connectivity index (χ2n) is 6.86. The molecule has 2 aromatic rings. The number of halogens is 3. The molecule has 0 saturated carbocycles. The fraction of sp³-hybridized carbons (Fsp3) is 0.250. The number of primary sulfonamides is 1. The van der Waals surface area contributed by atoms with Crippen LogP contribution in [0.5, 0.6) is 0 Å². The molecule has 2 N–H and O–H groups in total. The second-order valence-corrected chi connectivity index (χ2v) is 8.43. The molecule has 1 heterocycles. The number of hydrogen-bond acceptors (Lipinski definition) is 4. The Hall–Kier alpha value is -2.65. The van der Waals surface area contributed by atoms with Crippen LogP contribution in [0.1, 0.15) is 37.0 Å². The van der Waals surface area contributed by atoms with E-state index in [9.17, 15) is 26.4 Å². The summed E-state index contributed by atoms with van der Waals surface area (Å²) in [6.07, 6.45) is -4.15. The van der Waals surface area contributed by atoms with Crippen LogP contribution < -0.4 is 5.14 Å². The number of hydrogen-bond donors (Lipinski definition) is 1. The van der Waals surface area contributed by atoms with Gasteiger partial charge in [-0.25, -0.2) is 13.6 Å². The van der Waals surface area contributed by atoms with Crippen molar-refractivity contribution in [3.63, 3.8) is 0 Å². The largest absolute Gasteiger partial charge is 0.478 e. The minimum absolute atomic E-state index is 0.111. The van der Waals surface area contributed by atoms with E-state index in [4.69, 9.17) is 9.88 Å². The molecular formula is C20H18F3NO4S. The van der Waals surface area contributed by atoms with Gasteiger partial charge in [0.2, 0.25) is 15.8 Å². The molecule has 0 amide bonds. The van der Waals surface area contributed by atoms with Gasteiger partial charge in [-0.15, -0.1) is 0 Å². The maximum atomic E-state index is 13.0. The number of carbonyl (C=O) groups is 1. The molecule has 1 unspecified atom stereocenters. The lowest BCUT2D eigenvalue weighted by Crippen LogP contribution is -2.32. The fourth-order valence-electron chi connectivity index (χ4n) is 3.01. The van der Waals surface area contributed by atoms with Crippen molar-refractivity contribution in [1.29, 1.82) is 0 Å². The molecule has 0 bridgehead atoms. The summed E-state index contributed by atoms with van der Waals surface area (Å²) in [7, 11) is -3.90. The van der Waals surface area contributed by atoms with Crippen molar-refractivity contribution in [2.75, 3.05) is 0 Å². The maximum Gasteiger partial charge on any atom is 0.416 e. The fourth-order valence-corrected chi connectivity index (χ4v) is 3.53. The lowest BCUT2D eigenvalue weighted by Gasteiger charge is -2.21. The summed E-state index contributed by atoms with van der Waals surface area (Å²) in [5, 5.41) is 5.10. The highest BCUT2D eigenvalue weighted by Gasteiger charge is 2.45. The molecule has 1 aliphatic heterocycles. The van der Waals surface area contributed by atoms with Crippen molar-refractivity contribution in [3.8, 4) is 0 Å². The van der Waals surface area contributed by atoms with Gasteiger partial charge in [0.25, 0.3) is 0 Å². The first-order valence-corrected chi connectivity index (χ1v) is 10.2. The molecule has 29 heavy (non-hydrogen) atoms. The lowest BCUT2D eigenvalue weighted by molar-refractivity contribution is -0.137. The number of ketones is 1. The smallest absolute Gasteiger partial charge is 0.416 e. The minimum atomic E-state index is -4.49. The van der Waals surface area contributed by atoms with E-state index in [0.29, 0.717) is 12.0 Å². The number of Topliss-reactive ketones (excluding diaryl/α,β-unsaturated/α-hetero) is 1. The van der Waals surface area contributed by atoms with Crippen LogP contribution >= 0.6 is 0 Å². The molecule has 1 atom stereocenters. The van der Waals surface area contributed by atoms with Crippen LogP contribution in [0, 0.1) is 0 Å². The van der Waals surface area contributed by atoms with Crippen LogP contribution in [0.4, 0.5) is 13.2 Å². The van der Waals surface area contributed by atoms with Gasteiger partial charge in [-0.05, 0) is 55.3 Å². The molecule has 0 radical (unpaired) electrons. The summed E-state index contributed by atoms with van der Waals surface area (Å²) in [4.78, 5) is 12.9. The predicted octanol–water partition coefficient (Wildman–Crippen LogP) is 3.99. The molecule has 5 nitrogen and oxygen atoms in total. The van der Waals surface area contributed by atoms with Crippen LogP contribution in [0.2, 0.25) is 0 Å². The number of benzene rings is 2. The molecular weight excluding hydrogens is 407 g/mol. The number of rotatable bonds is 4. The van der Waals surface area contributed by atoms with E-state index in [1.54, 1.807) is 13.8 Å². The number of sulfonamides is 1. The van der Waals surface area contributed by atoms with Crippen LogP contribution in [0.15, 0.2) is 53.4 Å². The Morgan fingerprint density at radius 2 is 1.52 bits per heavy atom. The van der Waals surface area contributed by atoms with Crippen molar-refractivity contribution >= 4 is 27.1 Å². The minimum Gasteiger partial charge on any atom is -0.478 e. The van der Waals surface area contributed by atoms with Crippen molar-refractivity contribution in [2.45, 2.75) is 36.9 Å². The van der Waals surface area contributed by atoms with Gasteiger partial charge in [-0.2, -0.15) is 13.2 Å². The van der Waals surface area contributed by atoms with Crippen LogP contribution in [-0.4, -0.2) is 19.8 Å². The molecule has 2 aromatic carbocycles. The highest BCUT2D eigenvalue weighted by atomic mass is 32.2. The number of nitrogens with two attached hydrogens (primary N) is 1. The summed E-state index contributed by atoms with van der Waals surface area (Å²) in [5.41, 5.74) is -1.16. The third-order valence-electron chi connectivity index (χ3n) is 4.88. The van der Waals surface area contributed by atoms with Crippen molar-refractivity contribution in [2.24, 2.45) is 5.14 Å². The number of carbonyl (C=O) groups excluding carboxylic acids is 1. The molecule has 154 valence electrons. The van der Waals surface area contributed by atoms with Gasteiger partial charge in [0.05, 0.1) is 16.0 Å². The first-order chi connectivity index (χ1) is 13.4. The molecule has 3 rings (SSSR count). The van der Waals surface area contributed by atoms with E-state index >= 15 is 0 Å². The van der Waals surface area contributed by atoms with Gasteiger partial charge in [0.1, 0.15) is 5.76 Å². The van der Waals surface area contributed by atoms with Gasteiger partial charge < -0.3 is 4.74 Å². The summed E-state index contributed by atoms with van der Waals surface area (Å²) >= 11 is 0. The molecule has 0 aliphatic carbocycles. The first kappa shape index (κ1) is 21.1. The van der Waals surface area contributed by atoms with Gasteiger partial charge in [0.15, 0.2) is 5.60 Å². The van der Waals surface area contributed by atoms with E-state index < -0.39 is 27.4 Å². The third kappa shape index (κ3) is 3.92. The summed E-state index contributed by atoms with van der Waals surface area (Å²) in [5.74, 6) is -0.176. The Balaban J connectivity index is 2.14. The standard InChI is InChI=1S/C20H18F3NO4S/c1-3-19(2)18(25)16(12-4-8-14(9-5-12)20(21,22)23)17(28-19)13-6-10-15(11-7-13)29(24,26)27/h4-11H,3H2,1-2H3,(H2,24,26,27). The van der Waals surface area contributed by atoms with Gasteiger partial charge in [-0.3, -0.25) is 4.79 Å². The lowest BCUT2D eigenvalue weighted by atomic mass is 9.89. The Morgan fingerprint density at radius 3 is 1.97 bits per heavy atom. The Labute approximate surface area is 166 Å². The molecule has 0 aromatic heterocycles. The van der Waals surface area contributed by atoms with Crippen molar-refractivity contribution in [3.05, 3.63) is 65.2 Å².